The Hall–Kier alpha value is -4.00. The third-order valence-electron chi connectivity index (χ3n) is 6.95. The summed E-state index contributed by atoms with van der Waals surface area (Å²) in [5.41, 5.74) is -0.610. The first kappa shape index (κ1) is 28.5. The van der Waals surface area contributed by atoms with E-state index in [1.54, 1.807) is 46.2 Å². The minimum absolute atomic E-state index is 0.202. The van der Waals surface area contributed by atoms with E-state index in [1.165, 1.54) is 6.20 Å². The third kappa shape index (κ3) is 6.84. The second-order valence-electron chi connectivity index (χ2n) is 9.82. The second kappa shape index (κ2) is 12.2. The van der Waals surface area contributed by atoms with Crippen molar-refractivity contribution in [2.75, 3.05) is 59.7 Å². The number of nitrogens with zero attached hydrogens (tertiary/aromatic N) is 5. The van der Waals surface area contributed by atoms with Crippen LogP contribution in [0.1, 0.15) is 41.9 Å². The number of halogens is 4. The van der Waals surface area contributed by atoms with E-state index in [4.69, 9.17) is 16.0 Å². The van der Waals surface area contributed by atoms with E-state index in [2.05, 4.69) is 20.6 Å². The molecule has 0 radical (unpaired) electrons. The zero-order valence-electron chi connectivity index (χ0n) is 22.1. The number of nitrogens with one attached hydrogen (secondary N) is 2. The van der Waals surface area contributed by atoms with Gasteiger partial charge in [0, 0.05) is 39.3 Å². The highest BCUT2D eigenvalue weighted by atomic mass is 35.5. The lowest BCUT2D eigenvalue weighted by Crippen LogP contribution is -2.38. The first-order valence-corrected chi connectivity index (χ1v) is 13.7. The molecule has 0 atom stereocenters. The van der Waals surface area contributed by atoms with Gasteiger partial charge in [-0.05, 0) is 49.9 Å². The molecule has 10 nitrogen and oxygen atoms in total. The monoisotopic (exact) mass is 591 g/mol. The number of piperidine rings is 1. The van der Waals surface area contributed by atoms with Gasteiger partial charge in [-0.1, -0.05) is 23.7 Å². The summed E-state index contributed by atoms with van der Waals surface area (Å²) in [6.45, 7) is 3.18. The molecule has 3 amide bonds. The Morgan fingerprint density at radius 3 is 2.34 bits per heavy atom. The van der Waals surface area contributed by atoms with Crippen molar-refractivity contribution in [3.8, 4) is 0 Å². The molecule has 0 unspecified atom stereocenters. The topological polar surface area (TPSA) is 107 Å². The summed E-state index contributed by atoms with van der Waals surface area (Å²) < 4.78 is 46.3. The van der Waals surface area contributed by atoms with Gasteiger partial charge in [0.05, 0.1) is 22.6 Å². The number of para-hydroxylation sites is 1. The van der Waals surface area contributed by atoms with Gasteiger partial charge >= 0.3 is 12.2 Å². The molecular weight excluding hydrogens is 563 g/mol. The Labute approximate surface area is 239 Å². The number of carbonyl (C=O) groups excluding carboxylic acids is 2. The number of oxazole rings is 1. The maximum Gasteiger partial charge on any atom is 0.437 e. The molecule has 0 saturated carbocycles. The van der Waals surface area contributed by atoms with Crippen molar-refractivity contribution in [3.63, 3.8) is 0 Å². The molecule has 4 heterocycles. The number of hydrogen-bond donors (Lipinski definition) is 2. The number of carbonyl (C=O) groups is 2. The number of benzene rings is 1. The van der Waals surface area contributed by atoms with Crippen molar-refractivity contribution in [1.82, 2.24) is 14.9 Å². The summed E-state index contributed by atoms with van der Waals surface area (Å²) in [7, 11) is 0. The van der Waals surface area contributed by atoms with Crippen LogP contribution in [0.2, 0.25) is 5.02 Å². The molecule has 0 aliphatic carbocycles. The minimum Gasteiger partial charge on any atom is -0.417 e. The standard InChI is InChI=1S/C27H29ClF3N7O3/c28-19-7-2-3-8-20(19)34-25(40)37-14-6-13-36(15-16-37)21-10-9-18(17-32-21)33-24(39)22-23(27(29,30)31)35-26(41-22)38-11-4-1-5-12-38/h2-3,7-10,17H,1,4-6,11-16H2,(H,33,39)(H,34,40). The van der Waals surface area contributed by atoms with Crippen LogP contribution in [0.4, 0.5) is 41.2 Å². The summed E-state index contributed by atoms with van der Waals surface area (Å²) >= 11 is 6.15. The van der Waals surface area contributed by atoms with Crippen LogP contribution >= 0.6 is 11.6 Å². The lowest BCUT2D eigenvalue weighted by atomic mass is 10.1. The van der Waals surface area contributed by atoms with Crippen LogP contribution < -0.4 is 20.4 Å². The number of hydrogen-bond acceptors (Lipinski definition) is 7. The van der Waals surface area contributed by atoms with Crippen molar-refractivity contribution >= 4 is 46.7 Å². The highest BCUT2D eigenvalue weighted by Crippen LogP contribution is 2.35. The molecule has 0 bridgehead atoms. The summed E-state index contributed by atoms with van der Waals surface area (Å²) in [5, 5.41) is 5.72. The number of anilines is 4. The average Bonchev–Trinajstić information content (AvgIpc) is 3.29. The number of alkyl halides is 3. The Morgan fingerprint density at radius 2 is 1.63 bits per heavy atom. The van der Waals surface area contributed by atoms with E-state index < -0.39 is 23.5 Å². The van der Waals surface area contributed by atoms with Gasteiger partial charge in [-0.15, -0.1) is 0 Å². The molecule has 3 aromatic rings. The number of amides is 3. The smallest absolute Gasteiger partial charge is 0.417 e. The number of aromatic nitrogens is 2. The van der Waals surface area contributed by atoms with Crippen molar-refractivity contribution in [2.24, 2.45) is 0 Å². The SMILES string of the molecule is O=C(Nc1ccc(N2CCCN(C(=O)Nc3ccccc3Cl)CC2)nc1)c1oc(N2CCCCC2)nc1C(F)(F)F. The normalized spacial score (nSPS) is 16.3. The van der Waals surface area contributed by atoms with E-state index in [0.717, 1.165) is 19.3 Å². The van der Waals surface area contributed by atoms with Crippen molar-refractivity contribution in [1.29, 1.82) is 0 Å². The van der Waals surface area contributed by atoms with Crippen molar-refractivity contribution < 1.29 is 27.2 Å². The van der Waals surface area contributed by atoms with E-state index in [-0.39, 0.29) is 17.7 Å². The summed E-state index contributed by atoms with van der Waals surface area (Å²) in [4.78, 5) is 38.9. The molecule has 2 aliphatic heterocycles. The molecule has 2 saturated heterocycles. The van der Waals surface area contributed by atoms with Crippen LogP contribution in [0, 0.1) is 0 Å². The van der Waals surface area contributed by atoms with Crippen LogP contribution in [-0.2, 0) is 6.18 Å². The van der Waals surface area contributed by atoms with E-state index in [0.29, 0.717) is 62.2 Å². The predicted octanol–water partition coefficient (Wildman–Crippen LogP) is 5.73. The van der Waals surface area contributed by atoms with Crippen LogP contribution in [0.15, 0.2) is 47.0 Å². The van der Waals surface area contributed by atoms with Crippen LogP contribution in [0.25, 0.3) is 0 Å². The molecule has 218 valence electrons. The number of urea groups is 1. The largest absolute Gasteiger partial charge is 0.437 e. The Kier molecular flexibility index (Phi) is 8.52. The van der Waals surface area contributed by atoms with E-state index in [1.807, 2.05) is 4.90 Å². The molecule has 5 rings (SSSR count). The van der Waals surface area contributed by atoms with Crippen LogP contribution in [0.5, 0.6) is 0 Å². The molecule has 0 spiro atoms. The maximum atomic E-state index is 13.7. The highest BCUT2D eigenvalue weighted by Gasteiger charge is 2.42. The highest BCUT2D eigenvalue weighted by molar-refractivity contribution is 6.33. The quantitative estimate of drug-likeness (QED) is 0.390. The van der Waals surface area contributed by atoms with Gasteiger partial charge in [0.1, 0.15) is 5.82 Å². The second-order valence-corrected chi connectivity index (χ2v) is 10.2. The molecule has 1 aromatic carbocycles. The van der Waals surface area contributed by atoms with Gasteiger partial charge in [0.25, 0.3) is 11.9 Å². The summed E-state index contributed by atoms with van der Waals surface area (Å²) in [6, 6.07) is 9.78. The van der Waals surface area contributed by atoms with Gasteiger partial charge in [0.15, 0.2) is 5.69 Å². The lowest BCUT2D eigenvalue weighted by molar-refractivity contribution is -0.141. The molecule has 14 heteroatoms. The minimum atomic E-state index is -4.85. The van der Waals surface area contributed by atoms with Crippen LogP contribution in [-0.4, -0.2) is 66.1 Å². The fourth-order valence-corrected chi connectivity index (χ4v) is 5.00. The molecule has 2 aromatic heterocycles. The molecule has 2 aliphatic rings. The first-order chi connectivity index (χ1) is 19.7. The average molecular weight is 592 g/mol. The third-order valence-corrected chi connectivity index (χ3v) is 7.28. The van der Waals surface area contributed by atoms with Crippen molar-refractivity contribution in [3.05, 3.63) is 59.1 Å². The van der Waals surface area contributed by atoms with Gasteiger partial charge in [-0.25, -0.2) is 9.78 Å². The van der Waals surface area contributed by atoms with Gasteiger partial charge in [-0.3, -0.25) is 4.79 Å². The number of pyridine rings is 1. The zero-order chi connectivity index (χ0) is 29.0. The molecule has 41 heavy (non-hydrogen) atoms. The van der Waals surface area contributed by atoms with Gasteiger partial charge in [0.2, 0.25) is 5.76 Å². The summed E-state index contributed by atoms with van der Waals surface area (Å²) in [6.07, 6.45) is -0.177. The van der Waals surface area contributed by atoms with Crippen LogP contribution in [0.3, 0.4) is 0 Å². The lowest BCUT2D eigenvalue weighted by Gasteiger charge is -2.24. The summed E-state index contributed by atoms with van der Waals surface area (Å²) in [5.74, 6) is -1.33. The Balaban J connectivity index is 1.21. The fourth-order valence-electron chi connectivity index (χ4n) is 4.82. The van der Waals surface area contributed by atoms with E-state index >= 15 is 0 Å². The Bertz CT molecular complexity index is 1380. The molecule has 2 fully saturated rings. The van der Waals surface area contributed by atoms with Crippen molar-refractivity contribution in [2.45, 2.75) is 31.9 Å². The van der Waals surface area contributed by atoms with Gasteiger partial charge in [-0.2, -0.15) is 18.2 Å². The first-order valence-electron chi connectivity index (χ1n) is 13.3. The zero-order valence-corrected chi connectivity index (χ0v) is 22.8. The van der Waals surface area contributed by atoms with E-state index in [9.17, 15) is 22.8 Å². The molecule has 2 N–H and O–H groups in total. The number of rotatable bonds is 5. The molecular formula is C27H29ClF3N7O3. The fraction of sp³-hybridized carbons (Fsp3) is 0.407. The maximum absolute atomic E-state index is 13.7. The Morgan fingerprint density at radius 1 is 0.878 bits per heavy atom. The van der Waals surface area contributed by atoms with Gasteiger partial charge < -0.3 is 29.8 Å². The predicted molar refractivity (Wildman–Crippen MR) is 149 cm³/mol.